The van der Waals surface area contributed by atoms with Crippen molar-refractivity contribution in [2.45, 2.75) is 0 Å². The Bertz CT molecular complexity index is 962. The first kappa shape index (κ1) is 17.9. The smallest absolute Gasteiger partial charge is 0.248 e. The summed E-state index contributed by atoms with van der Waals surface area (Å²) >= 11 is 0. The minimum Gasteiger partial charge on any atom is -0.378 e. The molecule has 142 valence electrons. The molecule has 3 heterocycles. The predicted molar refractivity (Wildman–Crippen MR) is 108 cm³/mol. The van der Waals surface area contributed by atoms with Crippen LogP contribution in [0.15, 0.2) is 67.1 Å². The Morgan fingerprint density at radius 3 is 2.75 bits per heavy atom. The molecule has 1 fully saturated rings. The summed E-state index contributed by atoms with van der Waals surface area (Å²) in [6, 6.07) is 13.5. The van der Waals surface area contributed by atoms with Crippen molar-refractivity contribution in [2.75, 3.05) is 36.5 Å². The fourth-order valence-corrected chi connectivity index (χ4v) is 3.01. The van der Waals surface area contributed by atoms with Gasteiger partial charge in [-0.1, -0.05) is 18.2 Å². The van der Waals surface area contributed by atoms with Gasteiger partial charge in [0.1, 0.15) is 0 Å². The van der Waals surface area contributed by atoms with Crippen molar-refractivity contribution in [3.05, 3.63) is 72.7 Å². The van der Waals surface area contributed by atoms with Crippen LogP contribution in [0.25, 0.3) is 11.8 Å². The second kappa shape index (κ2) is 8.49. The van der Waals surface area contributed by atoms with Crippen molar-refractivity contribution in [2.24, 2.45) is 0 Å². The number of aromatic nitrogens is 3. The van der Waals surface area contributed by atoms with E-state index in [4.69, 9.17) is 4.74 Å². The maximum atomic E-state index is 12.4. The standard InChI is InChI=1S/C21H21N5O2/c27-20(9-8-17-15-23-26(16-17)18-5-2-1-3-6-18)24-19-7-4-10-22-21(19)25-11-13-28-14-12-25/h1-10,15-16H,11-14H2,(H,24,27)/b9-8+. The number of carbonyl (C=O) groups excluding carboxylic acids is 1. The second-order valence-corrected chi connectivity index (χ2v) is 6.35. The molecule has 4 rings (SSSR count). The molecule has 0 saturated carbocycles. The molecule has 0 bridgehead atoms. The number of amides is 1. The lowest BCUT2D eigenvalue weighted by Crippen LogP contribution is -2.37. The molecule has 0 radical (unpaired) electrons. The van der Waals surface area contributed by atoms with E-state index in [1.807, 2.05) is 48.7 Å². The summed E-state index contributed by atoms with van der Waals surface area (Å²) in [6.07, 6.45) is 8.58. The van der Waals surface area contributed by atoms with E-state index in [9.17, 15) is 4.79 Å². The fraction of sp³-hybridized carbons (Fsp3) is 0.190. The lowest BCUT2D eigenvalue weighted by Gasteiger charge is -2.29. The van der Waals surface area contributed by atoms with Crippen LogP contribution in [0.4, 0.5) is 11.5 Å². The number of anilines is 2. The Kier molecular flexibility index (Phi) is 5.44. The van der Waals surface area contributed by atoms with Gasteiger partial charge in [-0.05, 0) is 30.3 Å². The molecule has 28 heavy (non-hydrogen) atoms. The summed E-state index contributed by atoms with van der Waals surface area (Å²) < 4.78 is 7.16. The molecule has 0 unspecified atom stereocenters. The maximum Gasteiger partial charge on any atom is 0.248 e. The summed E-state index contributed by atoms with van der Waals surface area (Å²) in [5, 5.41) is 7.25. The molecule has 1 aromatic carbocycles. The average Bonchev–Trinajstić information content (AvgIpc) is 3.23. The highest BCUT2D eigenvalue weighted by molar-refractivity contribution is 6.03. The van der Waals surface area contributed by atoms with Crippen molar-refractivity contribution in [1.29, 1.82) is 0 Å². The molecule has 2 aromatic heterocycles. The Morgan fingerprint density at radius 1 is 1.11 bits per heavy atom. The van der Waals surface area contributed by atoms with Gasteiger partial charge in [-0.25, -0.2) is 9.67 Å². The number of para-hydroxylation sites is 1. The second-order valence-electron chi connectivity index (χ2n) is 6.35. The monoisotopic (exact) mass is 375 g/mol. The van der Waals surface area contributed by atoms with Gasteiger partial charge in [-0.15, -0.1) is 0 Å². The molecule has 1 aliphatic rings. The van der Waals surface area contributed by atoms with Crippen molar-refractivity contribution < 1.29 is 9.53 Å². The van der Waals surface area contributed by atoms with Gasteiger partial charge in [0.15, 0.2) is 5.82 Å². The molecule has 0 spiro atoms. The number of hydrogen-bond donors (Lipinski definition) is 1. The minimum atomic E-state index is -0.213. The number of rotatable bonds is 5. The van der Waals surface area contributed by atoms with E-state index in [-0.39, 0.29) is 5.91 Å². The zero-order valence-corrected chi connectivity index (χ0v) is 15.4. The molecule has 1 saturated heterocycles. The minimum absolute atomic E-state index is 0.213. The lowest BCUT2D eigenvalue weighted by molar-refractivity contribution is -0.111. The van der Waals surface area contributed by atoms with Gasteiger partial charge < -0.3 is 15.0 Å². The highest BCUT2D eigenvalue weighted by Gasteiger charge is 2.16. The van der Waals surface area contributed by atoms with Crippen LogP contribution in [-0.2, 0) is 9.53 Å². The van der Waals surface area contributed by atoms with Crippen molar-refractivity contribution in [3.8, 4) is 5.69 Å². The van der Waals surface area contributed by atoms with Crippen molar-refractivity contribution in [3.63, 3.8) is 0 Å². The average molecular weight is 375 g/mol. The summed E-state index contributed by atoms with van der Waals surface area (Å²) in [7, 11) is 0. The third-order valence-electron chi connectivity index (χ3n) is 4.41. The number of ether oxygens (including phenoxy) is 1. The fourth-order valence-electron chi connectivity index (χ4n) is 3.01. The van der Waals surface area contributed by atoms with Crippen molar-refractivity contribution >= 4 is 23.5 Å². The topological polar surface area (TPSA) is 72.3 Å². The lowest BCUT2D eigenvalue weighted by atomic mass is 10.3. The van der Waals surface area contributed by atoms with E-state index < -0.39 is 0 Å². The number of carbonyl (C=O) groups is 1. The normalized spacial score (nSPS) is 14.4. The Balaban J connectivity index is 1.43. The van der Waals surface area contributed by atoms with Gasteiger partial charge in [0.25, 0.3) is 0 Å². The Hall–Kier alpha value is -3.45. The number of pyridine rings is 1. The van der Waals surface area contributed by atoms with Gasteiger partial charge in [-0.2, -0.15) is 5.10 Å². The molecule has 0 aliphatic carbocycles. The van der Waals surface area contributed by atoms with Crippen LogP contribution in [0, 0.1) is 0 Å². The van der Waals surface area contributed by atoms with E-state index in [1.54, 1.807) is 23.2 Å². The van der Waals surface area contributed by atoms with E-state index in [0.29, 0.717) is 18.9 Å². The van der Waals surface area contributed by atoms with Crippen LogP contribution in [0.5, 0.6) is 0 Å². The molecule has 1 aliphatic heterocycles. The highest BCUT2D eigenvalue weighted by Crippen LogP contribution is 2.23. The maximum absolute atomic E-state index is 12.4. The largest absolute Gasteiger partial charge is 0.378 e. The number of nitrogens with one attached hydrogen (secondary N) is 1. The van der Waals surface area contributed by atoms with Gasteiger partial charge in [0.2, 0.25) is 5.91 Å². The van der Waals surface area contributed by atoms with Gasteiger partial charge in [0.05, 0.1) is 30.8 Å². The first-order valence-corrected chi connectivity index (χ1v) is 9.16. The molecule has 7 heteroatoms. The van der Waals surface area contributed by atoms with Crippen molar-refractivity contribution in [1.82, 2.24) is 14.8 Å². The van der Waals surface area contributed by atoms with Crippen LogP contribution in [0.1, 0.15) is 5.56 Å². The molecular weight excluding hydrogens is 354 g/mol. The highest BCUT2D eigenvalue weighted by atomic mass is 16.5. The van der Waals surface area contributed by atoms with E-state index in [0.717, 1.165) is 30.2 Å². The quantitative estimate of drug-likeness (QED) is 0.695. The van der Waals surface area contributed by atoms with E-state index in [2.05, 4.69) is 20.3 Å². The Labute approximate surface area is 163 Å². The van der Waals surface area contributed by atoms with Gasteiger partial charge in [0, 0.05) is 37.1 Å². The number of hydrogen-bond acceptors (Lipinski definition) is 5. The van der Waals surface area contributed by atoms with E-state index >= 15 is 0 Å². The first-order valence-electron chi connectivity index (χ1n) is 9.16. The molecule has 3 aromatic rings. The zero-order valence-electron chi connectivity index (χ0n) is 15.4. The van der Waals surface area contributed by atoms with Crippen LogP contribution < -0.4 is 10.2 Å². The van der Waals surface area contributed by atoms with Crippen LogP contribution in [0.3, 0.4) is 0 Å². The van der Waals surface area contributed by atoms with Crippen LogP contribution >= 0.6 is 0 Å². The third kappa shape index (κ3) is 4.27. The van der Waals surface area contributed by atoms with Crippen LogP contribution in [0.2, 0.25) is 0 Å². The molecular formula is C21H21N5O2. The Morgan fingerprint density at radius 2 is 1.93 bits per heavy atom. The predicted octanol–water partition coefficient (Wildman–Crippen LogP) is 2.76. The van der Waals surface area contributed by atoms with Crippen LogP contribution in [-0.4, -0.2) is 47.0 Å². The summed E-state index contributed by atoms with van der Waals surface area (Å²) in [5.74, 6) is 0.555. The first-order chi connectivity index (χ1) is 13.8. The number of morpholine rings is 1. The molecule has 7 nitrogen and oxygen atoms in total. The zero-order chi connectivity index (χ0) is 19.2. The summed E-state index contributed by atoms with van der Waals surface area (Å²) in [5.41, 5.74) is 2.51. The van der Waals surface area contributed by atoms with E-state index in [1.165, 1.54) is 6.08 Å². The molecule has 1 amide bonds. The molecule has 1 N–H and O–H groups in total. The number of nitrogens with zero attached hydrogens (tertiary/aromatic N) is 4. The molecule has 0 atom stereocenters. The third-order valence-corrected chi connectivity index (χ3v) is 4.41. The summed E-state index contributed by atoms with van der Waals surface area (Å²) in [4.78, 5) is 18.9. The van der Waals surface area contributed by atoms with Gasteiger partial charge >= 0.3 is 0 Å². The summed E-state index contributed by atoms with van der Waals surface area (Å²) in [6.45, 7) is 2.84. The SMILES string of the molecule is O=C(/C=C/c1cnn(-c2ccccc2)c1)Nc1cccnc1N1CCOCC1. The van der Waals surface area contributed by atoms with Gasteiger partial charge in [-0.3, -0.25) is 4.79 Å². The number of benzene rings is 1.